The molecule has 0 N–H and O–H groups in total. The van der Waals surface area contributed by atoms with E-state index in [4.69, 9.17) is 4.84 Å². The van der Waals surface area contributed by atoms with Crippen LogP contribution in [0.4, 0.5) is 5.69 Å². The summed E-state index contributed by atoms with van der Waals surface area (Å²) in [5.74, 6) is -0.587. The average molecular weight is 256 g/mol. The Labute approximate surface area is 110 Å². The van der Waals surface area contributed by atoms with Crippen molar-refractivity contribution in [3.8, 4) is 0 Å². The highest BCUT2D eigenvalue weighted by molar-refractivity contribution is 6.35. The Bertz CT molecular complexity index is 646. The SMILES string of the molecule is CN1OC=CC1=C1C(=O)c2ccccc2N(C)C1=O. The predicted molar refractivity (Wildman–Crippen MR) is 69.2 cm³/mol. The number of para-hydroxylation sites is 1. The molecule has 0 radical (unpaired) electrons. The lowest BCUT2D eigenvalue weighted by Gasteiger charge is -2.28. The topological polar surface area (TPSA) is 49.9 Å². The van der Waals surface area contributed by atoms with E-state index >= 15 is 0 Å². The van der Waals surface area contributed by atoms with E-state index in [1.54, 1.807) is 44.4 Å². The molecule has 5 nitrogen and oxygen atoms in total. The van der Waals surface area contributed by atoms with E-state index in [0.717, 1.165) is 0 Å². The van der Waals surface area contributed by atoms with Crippen molar-refractivity contribution >= 4 is 17.4 Å². The summed E-state index contributed by atoms with van der Waals surface area (Å²) >= 11 is 0. The van der Waals surface area contributed by atoms with E-state index in [-0.39, 0.29) is 17.3 Å². The number of hydrogen-bond acceptors (Lipinski definition) is 4. The molecule has 1 aromatic rings. The first-order valence-electron chi connectivity index (χ1n) is 5.84. The normalized spacial score (nSPS) is 21.8. The van der Waals surface area contributed by atoms with Gasteiger partial charge in [0.15, 0.2) is 0 Å². The summed E-state index contributed by atoms with van der Waals surface area (Å²) in [6.45, 7) is 0. The zero-order valence-electron chi connectivity index (χ0n) is 10.6. The van der Waals surface area contributed by atoms with E-state index in [1.807, 2.05) is 0 Å². The van der Waals surface area contributed by atoms with Gasteiger partial charge in [-0.25, -0.2) is 5.06 Å². The Kier molecular flexibility index (Phi) is 2.41. The maximum atomic E-state index is 12.5. The maximum Gasteiger partial charge on any atom is 0.264 e. The zero-order chi connectivity index (χ0) is 13.6. The second kappa shape index (κ2) is 3.98. The smallest absolute Gasteiger partial charge is 0.264 e. The number of benzene rings is 1. The molecule has 5 heteroatoms. The van der Waals surface area contributed by atoms with Crippen LogP contribution in [0.1, 0.15) is 10.4 Å². The number of rotatable bonds is 0. The first kappa shape index (κ1) is 11.5. The summed E-state index contributed by atoms with van der Waals surface area (Å²) in [6.07, 6.45) is 3.07. The Balaban J connectivity index is 2.23. The Hall–Kier alpha value is -2.56. The monoisotopic (exact) mass is 256 g/mol. The van der Waals surface area contributed by atoms with Crippen LogP contribution >= 0.6 is 0 Å². The van der Waals surface area contributed by atoms with Gasteiger partial charge in [-0.15, -0.1) is 0 Å². The fourth-order valence-corrected chi connectivity index (χ4v) is 2.28. The van der Waals surface area contributed by atoms with Gasteiger partial charge in [0.1, 0.15) is 11.8 Å². The van der Waals surface area contributed by atoms with Crippen molar-refractivity contribution in [3.05, 3.63) is 53.4 Å². The van der Waals surface area contributed by atoms with Crippen LogP contribution in [-0.2, 0) is 9.63 Å². The Morgan fingerprint density at radius 3 is 2.53 bits per heavy atom. The van der Waals surface area contributed by atoms with E-state index in [2.05, 4.69) is 0 Å². The number of nitrogens with zero attached hydrogens (tertiary/aromatic N) is 2. The third-order valence-electron chi connectivity index (χ3n) is 3.30. The van der Waals surface area contributed by atoms with Gasteiger partial charge in [-0.2, -0.15) is 0 Å². The summed E-state index contributed by atoms with van der Waals surface area (Å²) in [4.78, 5) is 31.4. The molecular weight excluding hydrogens is 244 g/mol. The van der Waals surface area contributed by atoms with Gasteiger partial charge < -0.3 is 9.74 Å². The van der Waals surface area contributed by atoms with Crippen molar-refractivity contribution in [2.24, 2.45) is 0 Å². The average Bonchev–Trinajstić information content (AvgIpc) is 2.83. The molecule has 0 bridgehead atoms. The molecule has 1 amide bonds. The van der Waals surface area contributed by atoms with Crippen LogP contribution in [-0.4, -0.2) is 30.8 Å². The molecule has 2 aliphatic rings. The number of likely N-dealkylation sites (N-methyl/N-ethyl adjacent to an activating group) is 2. The molecule has 2 heterocycles. The molecule has 1 aromatic carbocycles. The number of hydrogen-bond donors (Lipinski definition) is 0. The van der Waals surface area contributed by atoms with E-state index in [9.17, 15) is 9.59 Å². The largest absolute Gasteiger partial charge is 0.388 e. The highest BCUT2D eigenvalue weighted by Gasteiger charge is 2.36. The molecule has 0 aromatic heterocycles. The summed E-state index contributed by atoms with van der Waals surface area (Å²) in [5, 5.41) is 1.41. The lowest BCUT2D eigenvalue weighted by molar-refractivity contribution is -0.115. The van der Waals surface area contributed by atoms with Gasteiger partial charge in [-0.3, -0.25) is 9.59 Å². The molecule has 0 saturated heterocycles. The van der Waals surface area contributed by atoms with Gasteiger partial charge in [0.25, 0.3) is 5.91 Å². The molecule has 96 valence electrons. The third-order valence-corrected chi connectivity index (χ3v) is 3.30. The van der Waals surface area contributed by atoms with Gasteiger partial charge in [-0.05, 0) is 12.1 Å². The number of fused-ring (bicyclic) bond motifs is 1. The van der Waals surface area contributed by atoms with Crippen molar-refractivity contribution in [3.63, 3.8) is 0 Å². The zero-order valence-corrected chi connectivity index (χ0v) is 10.6. The summed E-state index contributed by atoms with van der Waals surface area (Å²) in [7, 11) is 3.32. The maximum absolute atomic E-state index is 12.5. The second-order valence-corrected chi connectivity index (χ2v) is 4.38. The van der Waals surface area contributed by atoms with Crippen LogP contribution in [0.15, 0.2) is 47.9 Å². The van der Waals surface area contributed by atoms with Crippen LogP contribution in [0.2, 0.25) is 0 Å². The third kappa shape index (κ3) is 1.55. The lowest BCUT2D eigenvalue weighted by Crippen LogP contribution is -2.38. The summed E-state index contributed by atoms with van der Waals surface area (Å²) in [6, 6.07) is 7.07. The Morgan fingerprint density at radius 1 is 1.11 bits per heavy atom. The van der Waals surface area contributed by atoms with Gasteiger partial charge in [0.2, 0.25) is 5.78 Å². The predicted octanol–water partition coefficient (Wildman–Crippen LogP) is 1.49. The van der Waals surface area contributed by atoms with Crippen molar-refractivity contribution in [1.29, 1.82) is 0 Å². The number of Topliss-reactive ketones (excluding diaryl/α,β-unsaturated/α-hetero) is 1. The first-order valence-corrected chi connectivity index (χ1v) is 5.84. The fraction of sp³-hybridized carbons (Fsp3) is 0.143. The molecule has 3 rings (SSSR count). The van der Waals surface area contributed by atoms with Crippen molar-refractivity contribution in [1.82, 2.24) is 5.06 Å². The minimum absolute atomic E-state index is 0.137. The number of carbonyl (C=O) groups is 2. The van der Waals surface area contributed by atoms with Crippen LogP contribution < -0.4 is 4.90 Å². The van der Waals surface area contributed by atoms with Crippen LogP contribution in [0, 0.1) is 0 Å². The number of hydroxylamine groups is 2. The molecule has 0 atom stereocenters. The van der Waals surface area contributed by atoms with Gasteiger partial charge in [0.05, 0.1) is 11.4 Å². The van der Waals surface area contributed by atoms with E-state index in [1.165, 1.54) is 16.2 Å². The highest BCUT2D eigenvalue weighted by atomic mass is 16.7. The van der Waals surface area contributed by atoms with Crippen molar-refractivity contribution < 1.29 is 14.4 Å². The molecule has 0 spiro atoms. The molecule has 19 heavy (non-hydrogen) atoms. The van der Waals surface area contributed by atoms with Crippen LogP contribution in [0.3, 0.4) is 0 Å². The summed E-state index contributed by atoms with van der Waals surface area (Å²) < 4.78 is 0. The highest BCUT2D eigenvalue weighted by Crippen LogP contribution is 2.32. The fourth-order valence-electron chi connectivity index (χ4n) is 2.28. The number of allylic oxidation sites excluding steroid dienone is 1. The second-order valence-electron chi connectivity index (χ2n) is 4.38. The molecule has 0 fully saturated rings. The van der Waals surface area contributed by atoms with Crippen LogP contribution in [0.5, 0.6) is 0 Å². The number of anilines is 1. The quantitative estimate of drug-likeness (QED) is 0.521. The van der Waals surface area contributed by atoms with Crippen molar-refractivity contribution in [2.75, 3.05) is 19.0 Å². The van der Waals surface area contributed by atoms with Gasteiger partial charge >= 0.3 is 0 Å². The van der Waals surface area contributed by atoms with E-state index < -0.39 is 0 Å². The standard InChI is InChI=1S/C14H12N2O3/c1-15-10-6-4-3-5-9(10)13(17)12(14(15)18)11-7-8-19-16(11)2/h3-8H,1-2H3. The Morgan fingerprint density at radius 2 is 1.84 bits per heavy atom. The molecule has 0 saturated carbocycles. The van der Waals surface area contributed by atoms with E-state index in [0.29, 0.717) is 16.9 Å². The minimum atomic E-state index is -0.319. The lowest BCUT2D eigenvalue weighted by atomic mass is 9.94. The molecule has 0 unspecified atom stereocenters. The first-order chi connectivity index (χ1) is 9.11. The van der Waals surface area contributed by atoms with Gasteiger partial charge in [-0.1, -0.05) is 12.1 Å². The number of ketones is 1. The molecule has 2 aliphatic heterocycles. The minimum Gasteiger partial charge on any atom is -0.388 e. The van der Waals surface area contributed by atoms with Crippen molar-refractivity contribution in [2.45, 2.75) is 0 Å². The van der Waals surface area contributed by atoms with Gasteiger partial charge in [0, 0.05) is 25.7 Å². The number of carbonyl (C=O) groups excluding carboxylic acids is 2. The summed E-state index contributed by atoms with van der Waals surface area (Å²) in [5.41, 5.74) is 1.78. The molecular formula is C14H12N2O3. The molecule has 0 aliphatic carbocycles. The van der Waals surface area contributed by atoms with Crippen LogP contribution in [0.25, 0.3) is 0 Å². The number of amides is 1.